The van der Waals surface area contributed by atoms with Gasteiger partial charge in [0.15, 0.2) is 0 Å². The topological polar surface area (TPSA) is 95.9 Å². The van der Waals surface area contributed by atoms with Crippen LogP contribution in [-0.2, 0) is 14.3 Å². The highest BCUT2D eigenvalue weighted by molar-refractivity contribution is 5.76. The molecular weight excluding hydrogens is 815 g/mol. The second-order valence-corrected chi connectivity index (χ2v) is 20.7. The van der Waals surface area contributed by atoms with Crippen molar-refractivity contribution in [1.82, 2.24) is 5.32 Å². The van der Waals surface area contributed by atoms with Gasteiger partial charge in [-0.15, -0.1) is 0 Å². The molecule has 66 heavy (non-hydrogen) atoms. The van der Waals surface area contributed by atoms with E-state index in [2.05, 4.69) is 31.3 Å². The third-order valence-corrected chi connectivity index (χ3v) is 14.1. The van der Waals surface area contributed by atoms with Gasteiger partial charge in [0.1, 0.15) is 0 Å². The summed E-state index contributed by atoms with van der Waals surface area (Å²) in [5.41, 5.74) is 0. The van der Waals surface area contributed by atoms with E-state index in [9.17, 15) is 19.8 Å². The van der Waals surface area contributed by atoms with Crippen LogP contribution in [0.15, 0.2) is 12.2 Å². The monoisotopic (exact) mass is 932 g/mol. The first-order chi connectivity index (χ1) is 32.5. The van der Waals surface area contributed by atoms with Crippen LogP contribution in [0.2, 0.25) is 0 Å². The van der Waals surface area contributed by atoms with Crippen molar-refractivity contribution in [3.63, 3.8) is 0 Å². The summed E-state index contributed by atoms with van der Waals surface area (Å²) >= 11 is 0. The summed E-state index contributed by atoms with van der Waals surface area (Å²) < 4.78 is 5.49. The second kappa shape index (κ2) is 56.2. The van der Waals surface area contributed by atoms with Gasteiger partial charge < -0.3 is 20.3 Å². The van der Waals surface area contributed by atoms with Crippen LogP contribution >= 0.6 is 0 Å². The summed E-state index contributed by atoms with van der Waals surface area (Å²) in [5, 5.41) is 23.3. The predicted molar refractivity (Wildman–Crippen MR) is 287 cm³/mol. The molecule has 0 aromatic heterocycles. The Balaban J connectivity index is 3.41. The van der Waals surface area contributed by atoms with Crippen LogP contribution in [0.4, 0.5) is 0 Å². The van der Waals surface area contributed by atoms with Gasteiger partial charge in [-0.25, -0.2) is 0 Å². The van der Waals surface area contributed by atoms with E-state index in [0.717, 1.165) is 44.9 Å². The van der Waals surface area contributed by atoms with Crippen molar-refractivity contribution in [3.05, 3.63) is 12.2 Å². The molecule has 0 spiro atoms. The highest BCUT2D eigenvalue weighted by Crippen LogP contribution is 2.18. The first-order valence-electron chi connectivity index (χ1n) is 29.9. The van der Waals surface area contributed by atoms with Crippen molar-refractivity contribution in [1.29, 1.82) is 0 Å². The molecule has 0 heterocycles. The molecule has 392 valence electrons. The van der Waals surface area contributed by atoms with E-state index in [0.29, 0.717) is 25.9 Å². The van der Waals surface area contributed by atoms with Crippen LogP contribution < -0.4 is 5.32 Å². The second-order valence-electron chi connectivity index (χ2n) is 20.7. The van der Waals surface area contributed by atoms with Crippen LogP contribution in [0.1, 0.15) is 335 Å². The number of esters is 1. The SMILES string of the molecule is CCCCCCCCC/C=C\CCCCCCCCCC(=O)OCCCCCCCCCCCCCCCCCC(=O)NC(CO)C(O)CCCCCCCCCCCCCCCCCC. The average Bonchev–Trinajstić information content (AvgIpc) is 3.32. The molecule has 0 aromatic carbocycles. The molecule has 2 unspecified atom stereocenters. The zero-order valence-electron chi connectivity index (χ0n) is 44.7. The number of aliphatic hydroxyl groups excluding tert-OH is 2. The highest BCUT2D eigenvalue weighted by Gasteiger charge is 2.20. The lowest BCUT2D eigenvalue weighted by molar-refractivity contribution is -0.143. The molecule has 0 bridgehead atoms. The Kier molecular flexibility index (Phi) is 55.0. The standard InChI is InChI=1S/C60H117NO5/c1-3-5-7-9-11-13-15-17-19-21-22-26-30-34-38-42-46-50-54-60(65)66-55-51-47-43-39-35-31-27-23-25-29-33-37-41-45-49-53-59(64)61-57(56-62)58(63)52-48-44-40-36-32-28-24-20-18-16-14-12-10-8-6-4-2/h19,21,57-58,62-63H,3-18,20,22-56H2,1-2H3,(H,61,64)/b21-19-. The lowest BCUT2D eigenvalue weighted by atomic mass is 10.0. The van der Waals surface area contributed by atoms with Crippen LogP contribution in [0.3, 0.4) is 0 Å². The van der Waals surface area contributed by atoms with Crippen LogP contribution in [0.5, 0.6) is 0 Å². The van der Waals surface area contributed by atoms with Gasteiger partial charge >= 0.3 is 5.97 Å². The van der Waals surface area contributed by atoms with Gasteiger partial charge in [0.05, 0.1) is 25.4 Å². The van der Waals surface area contributed by atoms with Crippen LogP contribution in [0, 0.1) is 0 Å². The molecule has 0 saturated heterocycles. The molecule has 6 nitrogen and oxygen atoms in total. The molecule has 6 heteroatoms. The predicted octanol–water partition coefficient (Wildman–Crippen LogP) is 18.5. The smallest absolute Gasteiger partial charge is 0.305 e. The molecule has 3 N–H and O–H groups in total. The molecule has 0 saturated carbocycles. The van der Waals surface area contributed by atoms with Crippen molar-refractivity contribution in [2.24, 2.45) is 0 Å². The average molecular weight is 933 g/mol. The van der Waals surface area contributed by atoms with Crippen molar-refractivity contribution < 1.29 is 24.5 Å². The molecule has 0 fully saturated rings. The van der Waals surface area contributed by atoms with Gasteiger partial charge in [-0.1, -0.05) is 283 Å². The van der Waals surface area contributed by atoms with Gasteiger partial charge in [0, 0.05) is 12.8 Å². The maximum atomic E-state index is 12.5. The van der Waals surface area contributed by atoms with E-state index in [1.165, 1.54) is 257 Å². The number of rotatable bonds is 56. The number of aliphatic hydroxyl groups is 2. The molecule has 0 aliphatic heterocycles. The first-order valence-corrected chi connectivity index (χ1v) is 29.9. The van der Waals surface area contributed by atoms with Gasteiger partial charge in [0.2, 0.25) is 5.91 Å². The summed E-state index contributed by atoms with van der Waals surface area (Å²) in [6.07, 6.45) is 66.3. The minimum Gasteiger partial charge on any atom is -0.466 e. The summed E-state index contributed by atoms with van der Waals surface area (Å²) in [7, 11) is 0. The third-order valence-electron chi connectivity index (χ3n) is 14.1. The van der Waals surface area contributed by atoms with E-state index in [4.69, 9.17) is 4.74 Å². The number of ether oxygens (including phenoxy) is 1. The van der Waals surface area contributed by atoms with Crippen molar-refractivity contribution in [3.8, 4) is 0 Å². The first kappa shape index (κ1) is 64.6. The molecule has 0 radical (unpaired) electrons. The fourth-order valence-corrected chi connectivity index (χ4v) is 9.46. The number of nitrogens with one attached hydrogen (secondary N) is 1. The fraction of sp³-hybridized carbons (Fsp3) is 0.933. The number of allylic oxidation sites excluding steroid dienone is 2. The minimum atomic E-state index is -0.669. The zero-order chi connectivity index (χ0) is 47.9. The highest BCUT2D eigenvalue weighted by atomic mass is 16.5. The number of unbranched alkanes of at least 4 members (excludes halogenated alkanes) is 43. The fourth-order valence-electron chi connectivity index (χ4n) is 9.46. The lowest BCUT2D eigenvalue weighted by Crippen LogP contribution is -2.45. The Hall–Kier alpha value is -1.40. The van der Waals surface area contributed by atoms with Gasteiger partial charge in [-0.05, 0) is 51.4 Å². The molecule has 0 aliphatic carbocycles. The minimum absolute atomic E-state index is 0.00134. The van der Waals surface area contributed by atoms with Crippen molar-refractivity contribution >= 4 is 11.9 Å². The Morgan fingerprint density at radius 2 is 0.712 bits per heavy atom. The molecule has 1 amide bonds. The summed E-state index contributed by atoms with van der Waals surface area (Å²) in [4.78, 5) is 24.6. The molecule has 0 aliphatic rings. The quantitative estimate of drug-likeness (QED) is 0.0321. The summed E-state index contributed by atoms with van der Waals surface area (Å²) in [5.74, 6) is -0.0423. The van der Waals surface area contributed by atoms with Gasteiger partial charge in [-0.2, -0.15) is 0 Å². The Morgan fingerprint density at radius 3 is 1.08 bits per heavy atom. The van der Waals surface area contributed by atoms with E-state index in [-0.39, 0.29) is 18.5 Å². The number of amides is 1. The number of carbonyl (C=O) groups is 2. The van der Waals surface area contributed by atoms with E-state index < -0.39 is 12.1 Å². The maximum Gasteiger partial charge on any atom is 0.305 e. The molecule has 0 aromatic rings. The summed E-state index contributed by atoms with van der Waals surface area (Å²) in [6.45, 7) is 4.95. The number of hydrogen-bond acceptors (Lipinski definition) is 5. The summed E-state index contributed by atoms with van der Waals surface area (Å²) in [6, 6.07) is -0.547. The zero-order valence-corrected chi connectivity index (χ0v) is 44.7. The van der Waals surface area contributed by atoms with E-state index in [1.54, 1.807) is 0 Å². The maximum absolute atomic E-state index is 12.5. The number of hydrogen-bond donors (Lipinski definition) is 3. The number of carbonyl (C=O) groups excluding carboxylic acids is 2. The van der Waals surface area contributed by atoms with Crippen molar-refractivity contribution in [2.45, 2.75) is 347 Å². The van der Waals surface area contributed by atoms with E-state index >= 15 is 0 Å². The molecule has 0 rings (SSSR count). The van der Waals surface area contributed by atoms with Gasteiger partial charge in [0.25, 0.3) is 0 Å². The largest absolute Gasteiger partial charge is 0.466 e. The molecule has 2 atom stereocenters. The lowest BCUT2D eigenvalue weighted by Gasteiger charge is -2.22. The van der Waals surface area contributed by atoms with E-state index in [1.807, 2.05) is 0 Å². The Bertz CT molecular complexity index is 986. The van der Waals surface area contributed by atoms with Gasteiger partial charge in [-0.3, -0.25) is 9.59 Å². The van der Waals surface area contributed by atoms with Crippen LogP contribution in [-0.4, -0.2) is 47.4 Å². The van der Waals surface area contributed by atoms with Crippen LogP contribution in [0.25, 0.3) is 0 Å². The Labute approximate surface area is 412 Å². The Morgan fingerprint density at radius 1 is 0.409 bits per heavy atom. The van der Waals surface area contributed by atoms with Crippen molar-refractivity contribution in [2.75, 3.05) is 13.2 Å². The third kappa shape index (κ3) is 52.0. The normalized spacial score (nSPS) is 12.6. The molecular formula is C60H117NO5.